The van der Waals surface area contributed by atoms with E-state index in [1.807, 2.05) is 0 Å². The molecule has 0 aromatic heterocycles. The second kappa shape index (κ2) is 6.58. The van der Waals surface area contributed by atoms with E-state index in [-0.39, 0.29) is 12.8 Å². The van der Waals surface area contributed by atoms with E-state index >= 15 is 0 Å². The molecule has 0 aliphatic carbocycles. The molecule has 0 saturated carbocycles. The Hall–Kier alpha value is -1.31. The maximum absolute atomic E-state index is 12.3. The van der Waals surface area contributed by atoms with E-state index in [2.05, 4.69) is 0 Å². The molecular formula is C10H17F3N2O3. The molecule has 0 spiro atoms. The quantitative estimate of drug-likeness (QED) is 0.753. The van der Waals surface area contributed by atoms with Crippen molar-refractivity contribution in [2.24, 2.45) is 5.73 Å². The van der Waals surface area contributed by atoms with Gasteiger partial charge in [0.1, 0.15) is 6.54 Å². The lowest BCUT2D eigenvalue weighted by Gasteiger charge is -2.30. The molecule has 0 bridgehead atoms. The van der Waals surface area contributed by atoms with Gasteiger partial charge in [-0.1, -0.05) is 0 Å². The molecule has 0 aromatic carbocycles. The third kappa shape index (κ3) is 6.43. The third-order valence-corrected chi connectivity index (χ3v) is 2.24. The maximum atomic E-state index is 12.3. The summed E-state index contributed by atoms with van der Waals surface area (Å²) in [5.41, 5.74) is 5.40. The summed E-state index contributed by atoms with van der Waals surface area (Å²) >= 11 is 0. The minimum absolute atomic E-state index is 0.185. The van der Waals surface area contributed by atoms with Crippen molar-refractivity contribution in [1.29, 1.82) is 0 Å². The van der Waals surface area contributed by atoms with Crippen LogP contribution in [0.5, 0.6) is 0 Å². The van der Waals surface area contributed by atoms with Crippen molar-refractivity contribution in [3.63, 3.8) is 0 Å². The Labute approximate surface area is 103 Å². The van der Waals surface area contributed by atoms with Crippen LogP contribution in [0.1, 0.15) is 26.7 Å². The van der Waals surface area contributed by atoms with Crippen molar-refractivity contribution >= 4 is 11.9 Å². The normalized spacial score (nSPS) is 13.5. The van der Waals surface area contributed by atoms with Gasteiger partial charge in [0.15, 0.2) is 0 Å². The Morgan fingerprint density at radius 1 is 1.33 bits per heavy atom. The minimum Gasteiger partial charge on any atom is -0.481 e. The number of carboxylic acid groups (broad SMARTS) is 1. The minimum atomic E-state index is -4.51. The van der Waals surface area contributed by atoms with Gasteiger partial charge in [0.2, 0.25) is 5.91 Å². The van der Waals surface area contributed by atoms with Gasteiger partial charge in [0.25, 0.3) is 0 Å². The molecule has 8 heteroatoms. The van der Waals surface area contributed by atoms with E-state index in [0.29, 0.717) is 4.90 Å². The molecule has 1 atom stereocenters. The molecule has 5 nitrogen and oxygen atoms in total. The number of carboxylic acids is 1. The molecule has 0 fully saturated rings. The molecule has 0 aromatic rings. The number of aliphatic carboxylic acids is 1. The summed E-state index contributed by atoms with van der Waals surface area (Å²) in [4.78, 5) is 22.6. The Morgan fingerprint density at radius 2 is 1.83 bits per heavy atom. The first-order valence-electron chi connectivity index (χ1n) is 5.39. The van der Waals surface area contributed by atoms with Gasteiger partial charge < -0.3 is 15.7 Å². The summed E-state index contributed by atoms with van der Waals surface area (Å²) in [6, 6.07) is -1.89. The molecule has 0 radical (unpaired) electrons. The van der Waals surface area contributed by atoms with Crippen LogP contribution in [0.3, 0.4) is 0 Å². The van der Waals surface area contributed by atoms with Gasteiger partial charge in [-0.15, -0.1) is 0 Å². The Bertz CT molecular complexity index is 305. The van der Waals surface area contributed by atoms with Crippen molar-refractivity contribution in [3.05, 3.63) is 0 Å². The summed E-state index contributed by atoms with van der Waals surface area (Å²) in [6.45, 7) is 1.49. The number of nitrogens with zero attached hydrogens (tertiary/aromatic N) is 1. The van der Waals surface area contributed by atoms with E-state index in [0.717, 1.165) is 0 Å². The van der Waals surface area contributed by atoms with Crippen molar-refractivity contribution in [2.45, 2.75) is 44.9 Å². The number of halogens is 3. The van der Waals surface area contributed by atoms with Crippen molar-refractivity contribution in [2.75, 3.05) is 6.54 Å². The Kier molecular flexibility index (Phi) is 6.10. The highest BCUT2D eigenvalue weighted by atomic mass is 19.4. The van der Waals surface area contributed by atoms with Gasteiger partial charge in [-0.05, 0) is 20.3 Å². The molecule has 0 heterocycles. The van der Waals surface area contributed by atoms with Crippen LogP contribution >= 0.6 is 0 Å². The fraction of sp³-hybridized carbons (Fsp3) is 0.800. The van der Waals surface area contributed by atoms with Gasteiger partial charge in [-0.3, -0.25) is 9.59 Å². The summed E-state index contributed by atoms with van der Waals surface area (Å²) in [5, 5.41) is 8.42. The summed E-state index contributed by atoms with van der Waals surface area (Å²) in [5.74, 6) is -2.03. The molecule has 3 N–H and O–H groups in total. The van der Waals surface area contributed by atoms with Gasteiger partial charge in [-0.25, -0.2) is 0 Å². The number of carbonyl (C=O) groups excluding carboxylic acids is 1. The SMILES string of the molecule is CC(C)N(CC(F)(F)F)C(=O)C(N)CCC(=O)O. The molecule has 18 heavy (non-hydrogen) atoms. The van der Waals surface area contributed by atoms with Crippen LogP contribution in [0.25, 0.3) is 0 Å². The lowest BCUT2D eigenvalue weighted by molar-refractivity contribution is -0.165. The van der Waals surface area contributed by atoms with Gasteiger partial charge in [0.05, 0.1) is 6.04 Å². The number of hydrogen-bond acceptors (Lipinski definition) is 3. The number of hydrogen-bond donors (Lipinski definition) is 2. The molecular weight excluding hydrogens is 253 g/mol. The molecule has 0 saturated heterocycles. The first-order chi connectivity index (χ1) is 8.04. The summed E-state index contributed by atoms with van der Waals surface area (Å²) < 4.78 is 36.8. The molecule has 106 valence electrons. The molecule has 1 unspecified atom stereocenters. The van der Waals surface area contributed by atoms with Gasteiger partial charge in [-0.2, -0.15) is 13.2 Å². The zero-order valence-electron chi connectivity index (χ0n) is 10.2. The van der Waals surface area contributed by atoms with E-state index in [9.17, 15) is 22.8 Å². The topological polar surface area (TPSA) is 83.6 Å². The number of nitrogens with two attached hydrogens (primary N) is 1. The van der Waals surface area contributed by atoms with Crippen molar-refractivity contribution < 1.29 is 27.9 Å². The van der Waals surface area contributed by atoms with E-state index < -0.39 is 36.7 Å². The van der Waals surface area contributed by atoms with Crippen molar-refractivity contribution in [1.82, 2.24) is 4.90 Å². The Balaban J connectivity index is 4.61. The fourth-order valence-corrected chi connectivity index (χ4v) is 1.32. The largest absolute Gasteiger partial charge is 0.481 e. The van der Waals surface area contributed by atoms with Crippen LogP contribution in [-0.4, -0.2) is 46.7 Å². The van der Waals surface area contributed by atoms with Crippen LogP contribution in [0.4, 0.5) is 13.2 Å². The van der Waals surface area contributed by atoms with E-state index in [4.69, 9.17) is 10.8 Å². The van der Waals surface area contributed by atoms with E-state index in [1.54, 1.807) is 0 Å². The van der Waals surface area contributed by atoms with Crippen LogP contribution in [0.2, 0.25) is 0 Å². The Morgan fingerprint density at radius 3 is 2.17 bits per heavy atom. The lowest BCUT2D eigenvalue weighted by atomic mass is 10.1. The fourth-order valence-electron chi connectivity index (χ4n) is 1.32. The predicted molar refractivity (Wildman–Crippen MR) is 57.7 cm³/mol. The standard InChI is InChI=1S/C10H17F3N2O3/c1-6(2)15(5-10(11,12)13)9(18)7(14)3-4-8(16)17/h6-7H,3-5,14H2,1-2H3,(H,16,17). The highest BCUT2D eigenvalue weighted by Crippen LogP contribution is 2.19. The van der Waals surface area contributed by atoms with Crippen LogP contribution in [0.15, 0.2) is 0 Å². The van der Waals surface area contributed by atoms with Gasteiger partial charge >= 0.3 is 12.1 Å². The zero-order valence-corrected chi connectivity index (χ0v) is 10.2. The maximum Gasteiger partial charge on any atom is 0.406 e. The summed E-state index contributed by atoms with van der Waals surface area (Å²) in [7, 11) is 0. The summed E-state index contributed by atoms with van der Waals surface area (Å²) in [6.07, 6.45) is -5.05. The van der Waals surface area contributed by atoms with Gasteiger partial charge in [0, 0.05) is 12.5 Å². The zero-order chi connectivity index (χ0) is 14.5. The highest BCUT2D eigenvalue weighted by Gasteiger charge is 2.35. The molecule has 0 aliphatic rings. The molecule has 1 amide bonds. The first-order valence-corrected chi connectivity index (χ1v) is 5.39. The number of rotatable bonds is 6. The smallest absolute Gasteiger partial charge is 0.406 e. The van der Waals surface area contributed by atoms with E-state index in [1.165, 1.54) is 13.8 Å². The lowest BCUT2D eigenvalue weighted by Crippen LogP contribution is -2.50. The predicted octanol–water partition coefficient (Wildman–Crippen LogP) is 0.978. The van der Waals surface area contributed by atoms with Crippen LogP contribution in [-0.2, 0) is 9.59 Å². The highest BCUT2D eigenvalue weighted by molar-refractivity contribution is 5.82. The monoisotopic (exact) mass is 270 g/mol. The van der Waals surface area contributed by atoms with Crippen LogP contribution < -0.4 is 5.73 Å². The second-order valence-electron chi connectivity index (χ2n) is 4.21. The average Bonchev–Trinajstić information content (AvgIpc) is 2.19. The first kappa shape index (κ1) is 16.7. The second-order valence-corrected chi connectivity index (χ2v) is 4.21. The molecule has 0 aliphatic heterocycles. The molecule has 0 rings (SSSR count). The number of amides is 1. The third-order valence-electron chi connectivity index (χ3n) is 2.24. The van der Waals surface area contributed by atoms with Crippen molar-refractivity contribution in [3.8, 4) is 0 Å². The average molecular weight is 270 g/mol. The number of carbonyl (C=O) groups is 2. The van der Waals surface area contributed by atoms with Crippen LogP contribution in [0, 0.1) is 0 Å². The number of alkyl halides is 3.